The molecule has 0 aliphatic heterocycles. The van der Waals surface area contributed by atoms with Crippen LogP contribution in [0.1, 0.15) is 30.4 Å². The average Bonchev–Trinajstić information content (AvgIpc) is 2.42. The van der Waals surface area contributed by atoms with Gasteiger partial charge in [-0.3, -0.25) is 0 Å². The fourth-order valence-corrected chi connectivity index (χ4v) is 3.27. The summed E-state index contributed by atoms with van der Waals surface area (Å²) in [6.45, 7) is 3.67. The van der Waals surface area contributed by atoms with Gasteiger partial charge in [0.25, 0.3) is 10.0 Å². The third-order valence-corrected chi connectivity index (χ3v) is 4.69. The Morgan fingerprint density at radius 1 is 1.20 bits per heavy atom. The van der Waals surface area contributed by atoms with E-state index in [1.807, 2.05) is 19.1 Å². The third kappa shape index (κ3) is 3.71. The highest BCUT2D eigenvalue weighted by atomic mass is 32.2. The zero-order valence-corrected chi connectivity index (χ0v) is 12.6. The SMILES string of the molecule is Cc1ccc(C)c(S(=O)(=O)NN/C=C2\CC=CCC2)c1. The molecule has 0 aromatic heterocycles. The van der Waals surface area contributed by atoms with Crippen molar-refractivity contribution < 1.29 is 8.42 Å². The molecule has 0 saturated heterocycles. The summed E-state index contributed by atoms with van der Waals surface area (Å²) in [5.41, 5.74) is 5.55. The third-order valence-electron chi connectivity index (χ3n) is 3.28. The maximum atomic E-state index is 12.2. The first-order chi connectivity index (χ1) is 9.49. The highest BCUT2D eigenvalue weighted by molar-refractivity contribution is 7.89. The van der Waals surface area contributed by atoms with Crippen LogP contribution in [0.4, 0.5) is 0 Å². The summed E-state index contributed by atoms with van der Waals surface area (Å²) in [7, 11) is -3.54. The monoisotopic (exact) mass is 292 g/mol. The van der Waals surface area contributed by atoms with Crippen LogP contribution in [-0.2, 0) is 10.0 Å². The van der Waals surface area contributed by atoms with Crippen LogP contribution in [0, 0.1) is 13.8 Å². The van der Waals surface area contributed by atoms with E-state index in [1.54, 1.807) is 19.2 Å². The van der Waals surface area contributed by atoms with Crippen molar-refractivity contribution in [1.82, 2.24) is 10.3 Å². The normalized spacial score (nSPS) is 17.4. The van der Waals surface area contributed by atoms with Crippen molar-refractivity contribution >= 4 is 10.0 Å². The van der Waals surface area contributed by atoms with Crippen molar-refractivity contribution in [2.45, 2.75) is 38.0 Å². The van der Waals surface area contributed by atoms with Crippen LogP contribution in [0.25, 0.3) is 0 Å². The van der Waals surface area contributed by atoms with Gasteiger partial charge in [0.15, 0.2) is 0 Å². The fraction of sp³-hybridized carbons (Fsp3) is 0.333. The lowest BCUT2D eigenvalue weighted by molar-refractivity contribution is 0.573. The van der Waals surface area contributed by atoms with Crippen molar-refractivity contribution in [3.63, 3.8) is 0 Å². The number of hydrogen-bond acceptors (Lipinski definition) is 3. The summed E-state index contributed by atoms with van der Waals surface area (Å²) >= 11 is 0. The molecular formula is C15H20N2O2S. The first kappa shape index (κ1) is 14.8. The minimum Gasteiger partial charge on any atom is -0.315 e. The topological polar surface area (TPSA) is 58.2 Å². The Bertz CT molecular complexity index is 646. The van der Waals surface area contributed by atoms with Crippen molar-refractivity contribution in [3.8, 4) is 0 Å². The zero-order chi connectivity index (χ0) is 14.6. The van der Waals surface area contributed by atoms with Gasteiger partial charge in [0.05, 0.1) is 4.90 Å². The van der Waals surface area contributed by atoms with Gasteiger partial charge in [0.2, 0.25) is 0 Å². The molecule has 2 N–H and O–H groups in total. The Morgan fingerprint density at radius 2 is 2.00 bits per heavy atom. The summed E-state index contributed by atoms with van der Waals surface area (Å²) in [5, 5.41) is 0. The van der Waals surface area contributed by atoms with Gasteiger partial charge < -0.3 is 5.43 Å². The van der Waals surface area contributed by atoms with Crippen LogP contribution >= 0.6 is 0 Å². The van der Waals surface area contributed by atoms with Gasteiger partial charge in [0.1, 0.15) is 0 Å². The van der Waals surface area contributed by atoms with E-state index in [4.69, 9.17) is 0 Å². The van der Waals surface area contributed by atoms with Gasteiger partial charge in [-0.1, -0.05) is 24.3 Å². The molecule has 0 unspecified atom stereocenters. The number of nitrogens with one attached hydrogen (secondary N) is 2. The van der Waals surface area contributed by atoms with Crippen LogP contribution in [0.15, 0.2) is 47.0 Å². The molecule has 2 rings (SSSR count). The van der Waals surface area contributed by atoms with E-state index in [-0.39, 0.29) is 0 Å². The molecule has 0 fully saturated rings. The lowest BCUT2D eigenvalue weighted by Gasteiger charge is -2.12. The lowest BCUT2D eigenvalue weighted by Crippen LogP contribution is -2.34. The van der Waals surface area contributed by atoms with E-state index < -0.39 is 10.0 Å². The Balaban J connectivity index is 2.07. The fourth-order valence-electron chi connectivity index (χ4n) is 2.12. The van der Waals surface area contributed by atoms with E-state index >= 15 is 0 Å². The molecule has 0 amide bonds. The van der Waals surface area contributed by atoms with Crippen LogP contribution in [-0.4, -0.2) is 8.42 Å². The van der Waals surface area contributed by atoms with Crippen molar-refractivity contribution in [1.29, 1.82) is 0 Å². The standard InChI is InChI=1S/C15H20N2O2S/c1-12-8-9-13(2)15(10-12)20(18,19)17-16-11-14-6-4-3-5-7-14/h3-4,8-11,16-17H,5-7H2,1-2H3/b14-11+. The lowest BCUT2D eigenvalue weighted by atomic mass is 10.0. The summed E-state index contributed by atoms with van der Waals surface area (Å²) < 4.78 is 24.5. The zero-order valence-electron chi connectivity index (χ0n) is 11.8. The van der Waals surface area contributed by atoms with E-state index in [0.717, 1.165) is 30.4 Å². The van der Waals surface area contributed by atoms with Gasteiger partial charge in [-0.05, 0) is 55.9 Å². The van der Waals surface area contributed by atoms with E-state index in [0.29, 0.717) is 4.90 Å². The quantitative estimate of drug-likeness (QED) is 0.662. The molecule has 0 bridgehead atoms. The van der Waals surface area contributed by atoms with Gasteiger partial charge in [-0.2, -0.15) is 0 Å². The van der Waals surface area contributed by atoms with Crippen LogP contribution in [0.3, 0.4) is 0 Å². The van der Waals surface area contributed by atoms with Crippen LogP contribution < -0.4 is 10.3 Å². The first-order valence-electron chi connectivity index (χ1n) is 6.66. The number of benzene rings is 1. The van der Waals surface area contributed by atoms with Crippen molar-refractivity contribution in [2.24, 2.45) is 0 Å². The summed E-state index contributed by atoms with van der Waals surface area (Å²) in [6, 6.07) is 5.39. The number of allylic oxidation sites excluding steroid dienone is 3. The van der Waals surface area contributed by atoms with Gasteiger partial charge in [-0.15, -0.1) is 4.83 Å². The maximum absolute atomic E-state index is 12.2. The number of sulfonamides is 1. The molecule has 108 valence electrons. The Labute approximate surface area is 120 Å². The highest BCUT2D eigenvalue weighted by Gasteiger charge is 2.16. The van der Waals surface area contributed by atoms with E-state index in [9.17, 15) is 8.42 Å². The molecule has 1 aliphatic carbocycles. The number of aryl methyl sites for hydroxylation is 2. The largest absolute Gasteiger partial charge is 0.315 e. The van der Waals surface area contributed by atoms with Gasteiger partial charge >= 0.3 is 0 Å². The first-order valence-corrected chi connectivity index (χ1v) is 8.15. The molecule has 4 nitrogen and oxygen atoms in total. The smallest absolute Gasteiger partial charge is 0.257 e. The number of hydrazine groups is 1. The van der Waals surface area contributed by atoms with Gasteiger partial charge in [0, 0.05) is 6.20 Å². The van der Waals surface area contributed by atoms with Crippen LogP contribution in [0.2, 0.25) is 0 Å². The molecule has 20 heavy (non-hydrogen) atoms. The molecule has 0 saturated carbocycles. The Morgan fingerprint density at radius 3 is 2.70 bits per heavy atom. The molecule has 1 aromatic carbocycles. The second kappa shape index (κ2) is 6.24. The predicted octanol–water partition coefficient (Wildman–Crippen LogP) is 2.71. The molecule has 1 aromatic rings. The summed E-state index contributed by atoms with van der Waals surface area (Å²) in [5.74, 6) is 0. The molecule has 0 atom stereocenters. The van der Waals surface area contributed by atoms with Crippen molar-refractivity contribution in [2.75, 3.05) is 0 Å². The maximum Gasteiger partial charge on any atom is 0.257 e. The Kier molecular flexibility index (Phi) is 4.62. The number of rotatable bonds is 4. The molecule has 0 heterocycles. The number of hydrogen-bond donors (Lipinski definition) is 2. The van der Waals surface area contributed by atoms with Gasteiger partial charge in [-0.25, -0.2) is 8.42 Å². The molecule has 0 spiro atoms. The van der Waals surface area contributed by atoms with E-state index in [1.165, 1.54) is 5.57 Å². The second-order valence-electron chi connectivity index (χ2n) is 5.04. The molecule has 0 radical (unpaired) electrons. The Hall–Kier alpha value is -1.59. The van der Waals surface area contributed by atoms with E-state index in [2.05, 4.69) is 22.4 Å². The summed E-state index contributed by atoms with van der Waals surface area (Å²) in [4.78, 5) is 2.72. The predicted molar refractivity (Wildman–Crippen MR) is 80.4 cm³/mol. The minimum atomic E-state index is -3.54. The second-order valence-corrected chi connectivity index (χ2v) is 6.69. The molecule has 5 heteroatoms. The molecule has 1 aliphatic rings. The average molecular weight is 292 g/mol. The van der Waals surface area contributed by atoms with Crippen molar-refractivity contribution in [3.05, 3.63) is 53.3 Å². The summed E-state index contributed by atoms with van der Waals surface area (Å²) in [6.07, 6.45) is 8.82. The minimum absolute atomic E-state index is 0.312. The van der Waals surface area contributed by atoms with Crippen LogP contribution in [0.5, 0.6) is 0 Å². The molecular weight excluding hydrogens is 272 g/mol. The highest BCUT2D eigenvalue weighted by Crippen LogP contribution is 2.17.